The fourth-order valence-corrected chi connectivity index (χ4v) is 4.17. The summed E-state index contributed by atoms with van der Waals surface area (Å²) in [7, 11) is 1.98. The van der Waals surface area contributed by atoms with E-state index in [-0.39, 0.29) is 6.04 Å². The van der Waals surface area contributed by atoms with Crippen molar-refractivity contribution in [3.05, 3.63) is 16.4 Å². The SMILES string of the molecule is Cn1ncc(Br)c1C(N)C1C2CCCCC21. The zero-order chi connectivity index (χ0) is 11.3. The lowest BCUT2D eigenvalue weighted by Crippen LogP contribution is -2.18. The van der Waals surface area contributed by atoms with Gasteiger partial charge in [0.2, 0.25) is 0 Å². The summed E-state index contributed by atoms with van der Waals surface area (Å²) in [5.74, 6) is 2.49. The van der Waals surface area contributed by atoms with Crippen LogP contribution in [0.15, 0.2) is 10.7 Å². The number of hydrogen-bond donors (Lipinski definition) is 1. The molecular weight excluding hydrogens is 266 g/mol. The van der Waals surface area contributed by atoms with Crippen molar-refractivity contribution in [2.75, 3.05) is 0 Å². The smallest absolute Gasteiger partial charge is 0.0693 e. The van der Waals surface area contributed by atoms with Crippen molar-refractivity contribution in [3.8, 4) is 0 Å². The van der Waals surface area contributed by atoms with Crippen LogP contribution in [0, 0.1) is 17.8 Å². The molecule has 16 heavy (non-hydrogen) atoms. The molecule has 2 saturated carbocycles. The van der Waals surface area contributed by atoms with Crippen molar-refractivity contribution < 1.29 is 0 Å². The topological polar surface area (TPSA) is 43.8 Å². The molecule has 3 atom stereocenters. The Bertz CT molecular complexity index is 369. The van der Waals surface area contributed by atoms with E-state index in [1.807, 2.05) is 17.9 Å². The molecule has 3 rings (SSSR count). The average Bonchev–Trinajstić information content (AvgIpc) is 2.91. The van der Waals surface area contributed by atoms with E-state index in [1.165, 1.54) is 31.4 Å². The number of nitrogens with two attached hydrogens (primary N) is 1. The number of hydrogen-bond acceptors (Lipinski definition) is 2. The van der Waals surface area contributed by atoms with Gasteiger partial charge in [-0.05, 0) is 46.5 Å². The van der Waals surface area contributed by atoms with Gasteiger partial charge >= 0.3 is 0 Å². The Morgan fingerprint density at radius 3 is 2.56 bits per heavy atom. The molecule has 0 spiro atoms. The molecule has 3 nitrogen and oxygen atoms in total. The molecule has 2 fully saturated rings. The highest BCUT2D eigenvalue weighted by Gasteiger charge is 2.54. The Labute approximate surface area is 105 Å². The second kappa shape index (κ2) is 3.84. The van der Waals surface area contributed by atoms with E-state index in [0.29, 0.717) is 5.92 Å². The van der Waals surface area contributed by atoms with Crippen LogP contribution >= 0.6 is 15.9 Å². The maximum Gasteiger partial charge on any atom is 0.0693 e. The van der Waals surface area contributed by atoms with Crippen molar-refractivity contribution in [2.24, 2.45) is 30.5 Å². The summed E-state index contributed by atoms with van der Waals surface area (Å²) in [6.07, 6.45) is 7.42. The molecule has 0 aliphatic heterocycles. The van der Waals surface area contributed by atoms with E-state index in [2.05, 4.69) is 21.0 Å². The van der Waals surface area contributed by atoms with Crippen LogP contribution in [0.3, 0.4) is 0 Å². The van der Waals surface area contributed by atoms with E-state index in [4.69, 9.17) is 5.73 Å². The number of rotatable bonds is 2. The van der Waals surface area contributed by atoms with Crippen LogP contribution in [0.4, 0.5) is 0 Å². The molecule has 0 radical (unpaired) electrons. The van der Waals surface area contributed by atoms with Crippen LogP contribution in [0.2, 0.25) is 0 Å². The number of halogens is 1. The molecule has 1 aromatic rings. The summed E-state index contributed by atoms with van der Waals surface area (Å²) in [5.41, 5.74) is 7.58. The third-order valence-corrected chi connectivity index (χ3v) is 5.00. The molecule has 2 N–H and O–H groups in total. The maximum absolute atomic E-state index is 6.42. The lowest BCUT2D eigenvalue weighted by Gasteiger charge is -2.12. The fraction of sp³-hybridized carbons (Fsp3) is 0.750. The highest BCUT2D eigenvalue weighted by atomic mass is 79.9. The second-order valence-electron chi connectivity index (χ2n) is 5.22. The van der Waals surface area contributed by atoms with Gasteiger partial charge in [-0.25, -0.2) is 0 Å². The highest BCUT2D eigenvalue weighted by Crippen LogP contribution is 2.60. The van der Waals surface area contributed by atoms with Gasteiger partial charge in [0.05, 0.1) is 22.4 Å². The van der Waals surface area contributed by atoms with Gasteiger partial charge in [0.1, 0.15) is 0 Å². The monoisotopic (exact) mass is 283 g/mol. The van der Waals surface area contributed by atoms with Crippen molar-refractivity contribution in [2.45, 2.75) is 31.7 Å². The van der Waals surface area contributed by atoms with Crippen LogP contribution in [-0.2, 0) is 7.05 Å². The van der Waals surface area contributed by atoms with E-state index >= 15 is 0 Å². The van der Waals surface area contributed by atoms with Crippen LogP contribution in [0.5, 0.6) is 0 Å². The fourth-order valence-electron chi connectivity index (χ4n) is 3.56. The normalized spacial score (nSPS) is 34.6. The third-order valence-electron chi connectivity index (χ3n) is 4.39. The summed E-state index contributed by atoms with van der Waals surface area (Å²) in [4.78, 5) is 0. The van der Waals surface area contributed by atoms with Crippen molar-refractivity contribution in [1.29, 1.82) is 0 Å². The Hall–Kier alpha value is -0.350. The minimum Gasteiger partial charge on any atom is -0.322 e. The Kier molecular flexibility index (Phi) is 2.59. The first kappa shape index (κ1) is 10.8. The molecular formula is C12H18BrN3. The average molecular weight is 284 g/mol. The second-order valence-corrected chi connectivity index (χ2v) is 6.07. The first-order chi connectivity index (χ1) is 7.70. The summed E-state index contributed by atoms with van der Waals surface area (Å²) >= 11 is 3.55. The van der Waals surface area contributed by atoms with E-state index in [0.717, 1.165) is 16.3 Å². The summed E-state index contributed by atoms with van der Waals surface area (Å²) in [6, 6.07) is 0.162. The summed E-state index contributed by atoms with van der Waals surface area (Å²) in [5, 5.41) is 4.25. The van der Waals surface area contributed by atoms with Gasteiger partial charge in [-0.1, -0.05) is 12.8 Å². The van der Waals surface area contributed by atoms with Crippen LogP contribution in [0.25, 0.3) is 0 Å². The first-order valence-corrected chi connectivity index (χ1v) is 6.92. The van der Waals surface area contributed by atoms with Crippen molar-refractivity contribution in [1.82, 2.24) is 9.78 Å². The highest BCUT2D eigenvalue weighted by molar-refractivity contribution is 9.10. The van der Waals surface area contributed by atoms with Gasteiger partial charge < -0.3 is 5.73 Å². The molecule has 3 unspecified atom stereocenters. The van der Waals surface area contributed by atoms with Gasteiger partial charge in [0.25, 0.3) is 0 Å². The number of aryl methyl sites for hydroxylation is 1. The zero-order valence-electron chi connectivity index (χ0n) is 9.56. The third kappa shape index (κ3) is 1.54. The van der Waals surface area contributed by atoms with Crippen molar-refractivity contribution in [3.63, 3.8) is 0 Å². The maximum atomic E-state index is 6.42. The number of fused-ring (bicyclic) bond motifs is 1. The molecule has 0 amide bonds. The minimum atomic E-state index is 0.162. The van der Waals surface area contributed by atoms with Gasteiger partial charge in [-0.15, -0.1) is 0 Å². The number of aromatic nitrogens is 2. The Morgan fingerprint density at radius 1 is 1.44 bits per heavy atom. The predicted molar refractivity (Wildman–Crippen MR) is 66.8 cm³/mol. The van der Waals surface area contributed by atoms with Gasteiger partial charge in [-0.2, -0.15) is 5.10 Å². The zero-order valence-corrected chi connectivity index (χ0v) is 11.2. The predicted octanol–water partition coefficient (Wildman–Crippen LogP) is 2.62. The van der Waals surface area contributed by atoms with Crippen LogP contribution in [0.1, 0.15) is 37.4 Å². The minimum absolute atomic E-state index is 0.162. The van der Waals surface area contributed by atoms with E-state index < -0.39 is 0 Å². The van der Waals surface area contributed by atoms with E-state index in [1.54, 1.807) is 0 Å². The first-order valence-electron chi connectivity index (χ1n) is 6.13. The molecule has 4 heteroatoms. The number of nitrogens with zero attached hydrogens (tertiary/aromatic N) is 2. The molecule has 2 aliphatic carbocycles. The molecule has 0 bridgehead atoms. The van der Waals surface area contributed by atoms with E-state index in [9.17, 15) is 0 Å². The Morgan fingerprint density at radius 2 is 2.06 bits per heavy atom. The lowest BCUT2D eigenvalue weighted by atomic mass is 10.0. The van der Waals surface area contributed by atoms with Crippen molar-refractivity contribution >= 4 is 15.9 Å². The lowest BCUT2D eigenvalue weighted by molar-refractivity contribution is 0.480. The standard InChI is InChI=1S/C12H18BrN3/c1-16-12(9(13)6-15-16)11(14)10-7-4-2-3-5-8(7)10/h6-8,10-11H,2-5,14H2,1H3. The largest absolute Gasteiger partial charge is 0.322 e. The molecule has 1 aromatic heterocycles. The molecule has 0 saturated heterocycles. The van der Waals surface area contributed by atoms with Crippen LogP contribution < -0.4 is 5.73 Å². The summed E-state index contributed by atoms with van der Waals surface area (Å²) < 4.78 is 2.98. The Balaban J connectivity index is 1.81. The van der Waals surface area contributed by atoms with Gasteiger partial charge in [0, 0.05) is 7.05 Å². The van der Waals surface area contributed by atoms with Gasteiger partial charge in [-0.3, -0.25) is 4.68 Å². The van der Waals surface area contributed by atoms with Gasteiger partial charge in [0.15, 0.2) is 0 Å². The molecule has 1 heterocycles. The molecule has 88 valence electrons. The molecule has 2 aliphatic rings. The quantitative estimate of drug-likeness (QED) is 0.907. The summed E-state index contributed by atoms with van der Waals surface area (Å²) in [6.45, 7) is 0. The van der Waals surface area contributed by atoms with Crippen LogP contribution in [-0.4, -0.2) is 9.78 Å². The molecule has 0 aromatic carbocycles.